The van der Waals surface area contributed by atoms with Gasteiger partial charge >= 0.3 is 0 Å². The van der Waals surface area contributed by atoms with Crippen LogP contribution in [0, 0.1) is 0 Å². The van der Waals surface area contributed by atoms with E-state index in [0.29, 0.717) is 6.54 Å². The molecule has 2 aromatic carbocycles. The van der Waals surface area contributed by atoms with Crippen LogP contribution in [0.5, 0.6) is 0 Å². The average molecular weight is 386 g/mol. The number of carbonyl (C=O) groups is 1. The van der Waals surface area contributed by atoms with E-state index in [9.17, 15) is 13.2 Å². The predicted octanol–water partition coefficient (Wildman–Crippen LogP) is 1.66. The molecule has 0 fully saturated rings. The summed E-state index contributed by atoms with van der Waals surface area (Å²) >= 11 is 0. The number of sulfonamides is 1. The Balaban J connectivity index is 0.00000312. The Labute approximate surface area is 154 Å². The Morgan fingerprint density at radius 1 is 1.00 bits per heavy atom. The summed E-state index contributed by atoms with van der Waals surface area (Å²) in [7, 11) is -1.77. The third-order valence-electron chi connectivity index (χ3n) is 3.60. The van der Waals surface area contributed by atoms with Crippen molar-refractivity contribution in [2.45, 2.75) is 17.7 Å². The van der Waals surface area contributed by atoms with Crippen molar-refractivity contribution >= 4 is 39.1 Å². The quantitative estimate of drug-likeness (QED) is 0.573. The van der Waals surface area contributed by atoms with E-state index < -0.39 is 10.0 Å². The molecule has 0 aliphatic carbocycles. The molecule has 0 saturated carbocycles. The fourth-order valence-electron chi connectivity index (χ4n) is 2.30. The number of hydrogen-bond donors (Lipinski definition) is 3. The normalized spacial score (nSPS) is 11.1. The smallest absolute Gasteiger partial charge is 0.240 e. The number of nitrogens with one attached hydrogen (secondary N) is 3. The minimum Gasteiger partial charge on any atom is -0.356 e. The van der Waals surface area contributed by atoms with Crippen LogP contribution in [0.1, 0.15) is 12.8 Å². The first kappa shape index (κ1) is 21.4. The summed E-state index contributed by atoms with van der Waals surface area (Å²) < 4.78 is 27.1. The molecule has 25 heavy (non-hydrogen) atoms. The van der Waals surface area contributed by atoms with Crippen LogP contribution in [0.3, 0.4) is 0 Å². The maximum atomic E-state index is 12.3. The van der Waals surface area contributed by atoms with Gasteiger partial charge in [0.15, 0.2) is 0 Å². The third kappa shape index (κ3) is 6.62. The fraction of sp³-hybridized carbons (Fsp3) is 0.353. The number of carbonyl (C=O) groups excluding carboxylic acids is 1. The molecule has 0 aliphatic heterocycles. The molecule has 138 valence electrons. The van der Waals surface area contributed by atoms with E-state index in [1.54, 1.807) is 18.2 Å². The summed E-state index contributed by atoms with van der Waals surface area (Å²) in [6, 6.07) is 12.6. The van der Waals surface area contributed by atoms with Gasteiger partial charge < -0.3 is 10.6 Å². The molecule has 1 amide bonds. The molecule has 8 heteroatoms. The highest BCUT2D eigenvalue weighted by Gasteiger charge is 2.14. The molecule has 0 atom stereocenters. The number of fused-ring (bicyclic) bond motifs is 1. The van der Waals surface area contributed by atoms with E-state index in [4.69, 9.17) is 0 Å². The largest absolute Gasteiger partial charge is 0.356 e. The second kappa shape index (κ2) is 10.4. The zero-order valence-corrected chi connectivity index (χ0v) is 15.8. The maximum absolute atomic E-state index is 12.3. The van der Waals surface area contributed by atoms with Gasteiger partial charge in [-0.05, 0) is 42.9 Å². The molecule has 0 heterocycles. The van der Waals surface area contributed by atoms with Crippen molar-refractivity contribution in [3.63, 3.8) is 0 Å². The Bertz CT molecular complexity index is 797. The highest BCUT2D eigenvalue weighted by molar-refractivity contribution is 7.89. The second-order valence-electron chi connectivity index (χ2n) is 5.46. The van der Waals surface area contributed by atoms with Gasteiger partial charge in [-0.25, -0.2) is 13.1 Å². The standard InChI is InChI=1S/C17H23N3O3S.ClH/c1-18-10-4-11-19-17(21)9-12-20-24(22,23)16-8-7-14-5-2-3-6-15(14)13-16;/h2-3,5-8,13,18,20H,4,9-12H2,1H3,(H,19,21);1H. The van der Waals surface area contributed by atoms with Crippen LogP contribution in [0.4, 0.5) is 0 Å². The van der Waals surface area contributed by atoms with Crippen LogP contribution in [0.25, 0.3) is 10.8 Å². The maximum Gasteiger partial charge on any atom is 0.240 e. The van der Waals surface area contributed by atoms with Gasteiger partial charge in [0.1, 0.15) is 0 Å². The van der Waals surface area contributed by atoms with Crippen LogP contribution in [0.2, 0.25) is 0 Å². The molecule has 2 rings (SSSR count). The minimum atomic E-state index is -3.62. The average Bonchev–Trinajstić information content (AvgIpc) is 2.58. The molecule has 0 spiro atoms. The van der Waals surface area contributed by atoms with Crippen LogP contribution in [0.15, 0.2) is 47.4 Å². The first-order valence-corrected chi connectivity index (χ1v) is 9.41. The van der Waals surface area contributed by atoms with Gasteiger partial charge in [0.25, 0.3) is 0 Å². The fourth-order valence-corrected chi connectivity index (χ4v) is 3.36. The van der Waals surface area contributed by atoms with Crippen LogP contribution in [-0.4, -0.2) is 41.0 Å². The van der Waals surface area contributed by atoms with Crippen LogP contribution < -0.4 is 15.4 Å². The highest BCUT2D eigenvalue weighted by Crippen LogP contribution is 2.18. The number of rotatable bonds is 9. The van der Waals surface area contributed by atoms with E-state index in [1.165, 1.54) is 0 Å². The predicted molar refractivity (Wildman–Crippen MR) is 103 cm³/mol. The summed E-state index contributed by atoms with van der Waals surface area (Å²) in [5.41, 5.74) is 0. The molecule has 2 aromatic rings. The zero-order valence-electron chi connectivity index (χ0n) is 14.1. The summed E-state index contributed by atoms with van der Waals surface area (Å²) in [4.78, 5) is 11.8. The monoisotopic (exact) mass is 385 g/mol. The van der Waals surface area contributed by atoms with Gasteiger partial charge in [-0.2, -0.15) is 0 Å². The molecule has 0 bridgehead atoms. The topological polar surface area (TPSA) is 87.3 Å². The summed E-state index contributed by atoms with van der Waals surface area (Å²) in [6.45, 7) is 1.49. The van der Waals surface area contributed by atoms with Crippen LogP contribution in [-0.2, 0) is 14.8 Å². The molecule has 0 aromatic heterocycles. The molecule has 0 radical (unpaired) electrons. The Kier molecular flexibility index (Phi) is 8.85. The third-order valence-corrected chi connectivity index (χ3v) is 5.06. The van der Waals surface area contributed by atoms with Gasteiger partial charge in [0.05, 0.1) is 4.90 Å². The van der Waals surface area contributed by atoms with Crippen molar-refractivity contribution in [2.24, 2.45) is 0 Å². The number of amides is 1. The lowest BCUT2D eigenvalue weighted by Gasteiger charge is -2.08. The molecular weight excluding hydrogens is 362 g/mol. The van der Waals surface area contributed by atoms with Gasteiger partial charge in [0, 0.05) is 19.5 Å². The molecular formula is C17H24ClN3O3S. The molecule has 3 N–H and O–H groups in total. The molecule has 0 saturated heterocycles. The SMILES string of the molecule is CNCCCNC(=O)CCNS(=O)(=O)c1ccc2ccccc2c1.Cl. The van der Waals surface area contributed by atoms with Gasteiger partial charge in [-0.15, -0.1) is 12.4 Å². The van der Waals surface area contributed by atoms with Gasteiger partial charge in [-0.3, -0.25) is 4.79 Å². The highest BCUT2D eigenvalue weighted by atomic mass is 35.5. The first-order chi connectivity index (χ1) is 11.5. The summed E-state index contributed by atoms with van der Waals surface area (Å²) in [5, 5.41) is 7.59. The lowest BCUT2D eigenvalue weighted by atomic mass is 10.1. The first-order valence-electron chi connectivity index (χ1n) is 7.93. The Morgan fingerprint density at radius 3 is 2.44 bits per heavy atom. The van der Waals surface area contributed by atoms with Gasteiger partial charge in [0.2, 0.25) is 15.9 Å². The molecule has 0 unspecified atom stereocenters. The second-order valence-corrected chi connectivity index (χ2v) is 7.23. The van der Waals surface area contributed by atoms with Crippen molar-refractivity contribution in [1.82, 2.24) is 15.4 Å². The number of halogens is 1. The van der Waals surface area contributed by atoms with Crippen molar-refractivity contribution in [2.75, 3.05) is 26.7 Å². The van der Waals surface area contributed by atoms with Crippen molar-refractivity contribution in [3.05, 3.63) is 42.5 Å². The van der Waals surface area contributed by atoms with Crippen molar-refractivity contribution in [1.29, 1.82) is 0 Å². The summed E-state index contributed by atoms with van der Waals surface area (Å²) in [6.07, 6.45) is 0.956. The lowest BCUT2D eigenvalue weighted by Crippen LogP contribution is -2.31. The van der Waals surface area contributed by atoms with E-state index in [0.717, 1.165) is 23.7 Å². The van der Waals surface area contributed by atoms with E-state index in [2.05, 4.69) is 15.4 Å². The van der Waals surface area contributed by atoms with Crippen molar-refractivity contribution < 1.29 is 13.2 Å². The van der Waals surface area contributed by atoms with Crippen molar-refractivity contribution in [3.8, 4) is 0 Å². The zero-order chi connectivity index (χ0) is 17.4. The van der Waals surface area contributed by atoms with E-state index in [-0.39, 0.29) is 36.2 Å². The minimum absolute atomic E-state index is 0. The van der Waals surface area contributed by atoms with Crippen LogP contribution >= 0.6 is 12.4 Å². The Hall–Kier alpha value is -1.67. The Morgan fingerprint density at radius 2 is 1.72 bits per heavy atom. The molecule has 0 aliphatic rings. The van der Waals surface area contributed by atoms with E-state index >= 15 is 0 Å². The number of hydrogen-bond acceptors (Lipinski definition) is 4. The van der Waals surface area contributed by atoms with Gasteiger partial charge in [-0.1, -0.05) is 30.3 Å². The summed E-state index contributed by atoms with van der Waals surface area (Å²) in [5.74, 6) is -0.160. The number of benzene rings is 2. The lowest BCUT2D eigenvalue weighted by molar-refractivity contribution is -0.120. The molecule has 6 nitrogen and oxygen atoms in total. The van der Waals surface area contributed by atoms with E-state index in [1.807, 2.05) is 31.3 Å².